The van der Waals surface area contributed by atoms with Crippen molar-refractivity contribution >= 4 is 51.4 Å². The molecule has 0 bridgehead atoms. The van der Waals surface area contributed by atoms with Gasteiger partial charge >= 0.3 is 6.18 Å². The number of aromatic nitrogens is 2. The Labute approximate surface area is 176 Å². The van der Waals surface area contributed by atoms with E-state index in [0.29, 0.717) is 15.2 Å². The number of hydrogen-bond acceptors (Lipinski definition) is 7. The number of nitrogens with one attached hydrogen (secondary N) is 2. The highest BCUT2D eigenvalue weighted by Crippen LogP contribution is 2.30. The van der Waals surface area contributed by atoms with Gasteiger partial charge in [0.05, 0.1) is 11.3 Å². The van der Waals surface area contributed by atoms with Crippen LogP contribution in [0.2, 0.25) is 0 Å². The van der Waals surface area contributed by atoms with E-state index in [1.54, 1.807) is 12.1 Å². The Morgan fingerprint density at radius 2 is 1.73 bits per heavy atom. The summed E-state index contributed by atoms with van der Waals surface area (Å²) in [4.78, 5) is 24.5. The molecule has 12 heteroatoms. The second kappa shape index (κ2) is 9.13. The van der Waals surface area contributed by atoms with Gasteiger partial charge in [0.15, 0.2) is 4.34 Å². The average Bonchev–Trinajstić information content (AvgIpc) is 3.11. The zero-order chi connectivity index (χ0) is 21.7. The van der Waals surface area contributed by atoms with Gasteiger partial charge in [-0.05, 0) is 36.4 Å². The summed E-state index contributed by atoms with van der Waals surface area (Å²) in [6.45, 7) is 0. The first kappa shape index (κ1) is 21.6. The van der Waals surface area contributed by atoms with Crippen LogP contribution in [0.1, 0.15) is 15.9 Å². The molecule has 1 heterocycles. The third kappa shape index (κ3) is 5.94. The third-order valence-corrected chi connectivity index (χ3v) is 5.49. The number of carbonyl (C=O) groups is 2. The first-order valence-corrected chi connectivity index (χ1v) is 10.1. The molecule has 3 aromatic rings. The van der Waals surface area contributed by atoms with E-state index in [0.717, 1.165) is 23.5 Å². The number of alkyl halides is 3. The molecular weight excluding hydrogens is 439 g/mol. The summed E-state index contributed by atoms with van der Waals surface area (Å²) in [6, 6.07) is 10.4. The maximum absolute atomic E-state index is 12.8. The molecule has 0 saturated carbocycles. The summed E-state index contributed by atoms with van der Waals surface area (Å²) in [5.41, 5.74) is 5.17. The number of thioether (sulfide) groups is 1. The van der Waals surface area contributed by atoms with Crippen LogP contribution in [0.3, 0.4) is 0 Å². The summed E-state index contributed by atoms with van der Waals surface area (Å²) >= 11 is 2.33. The van der Waals surface area contributed by atoms with Gasteiger partial charge in [-0.15, -0.1) is 10.2 Å². The molecule has 4 N–H and O–H groups in total. The van der Waals surface area contributed by atoms with E-state index in [-0.39, 0.29) is 22.9 Å². The highest BCUT2D eigenvalue weighted by atomic mass is 32.2. The SMILES string of the molecule is Nc1nnc(SCC(=O)Nc2cccc(C(=O)Nc3cccc(C(F)(F)F)c3)c2)s1. The average molecular weight is 453 g/mol. The molecule has 0 fully saturated rings. The lowest BCUT2D eigenvalue weighted by Gasteiger charge is -2.11. The van der Waals surface area contributed by atoms with Gasteiger partial charge in [-0.25, -0.2) is 0 Å². The normalized spacial score (nSPS) is 11.2. The number of hydrogen-bond donors (Lipinski definition) is 3. The molecule has 30 heavy (non-hydrogen) atoms. The summed E-state index contributed by atoms with van der Waals surface area (Å²) in [7, 11) is 0. The van der Waals surface area contributed by atoms with Crippen LogP contribution >= 0.6 is 23.1 Å². The Hall–Kier alpha value is -3.12. The number of halogens is 3. The second-order valence-electron chi connectivity index (χ2n) is 5.86. The predicted molar refractivity (Wildman–Crippen MR) is 110 cm³/mol. The first-order valence-electron chi connectivity index (χ1n) is 8.31. The number of amides is 2. The number of rotatable bonds is 6. The number of nitrogens with two attached hydrogens (primary N) is 1. The topological polar surface area (TPSA) is 110 Å². The van der Waals surface area contributed by atoms with Gasteiger partial charge in [-0.2, -0.15) is 13.2 Å². The van der Waals surface area contributed by atoms with Crippen LogP contribution in [0.25, 0.3) is 0 Å². The van der Waals surface area contributed by atoms with Crippen LogP contribution in [0, 0.1) is 0 Å². The van der Waals surface area contributed by atoms with Gasteiger partial charge in [0.1, 0.15) is 0 Å². The molecule has 0 radical (unpaired) electrons. The molecule has 0 atom stereocenters. The van der Waals surface area contributed by atoms with E-state index in [1.165, 1.54) is 36.0 Å². The molecule has 2 aromatic carbocycles. The van der Waals surface area contributed by atoms with E-state index in [1.807, 2.05) is 0 Å². The Morgan fingerprint density at radius 3 is 2.40 bits per heavy atom. The van der Waals surface area contributed by atoms with Crippen molar-refractivity contribution in [1.29, 1.82) is 0 Å². The van der Waals surface area contributed by atoms with E-state index in [9.17, 15) is 22.8 Å². The van der Waals surface area contributed by atoms with Crippen LogP contribution < -0.4 is 16.4 Å². The van der Waals surface area contributed by atoms with Crippen molar-refractivity contribution in [2.75, 3.05) is 22.1 Å². The zero-order valence-corrected chi connectivity index (χ0v) is 16.7. The van der Waals surface area contributed by atoms with Crippen molar-refractivity contribution in [2.24, 2.45) is 0 Å². The summed E-state index contributed by atoms with van der Waals surface area (Å²) in [6.07, 6.45) is -4.51. The van der Waals surface area contributed by atoms with Crippen molar-refractivity contribution in [3.8, 4) is 0 Å². The van der Waals surface area contributed by atoms with Crippen molar-refractivity contribution in [1.82, 2.24) is 10.2 Å². The minimum atomic E-state index is -4.51. The fourth-order valence-corrected chi connectivity index (χ4v) is 3.75. The van der Waals surface area contributed by atoms with Crippen LogP contribution in [-0.2, 0) is 11.0 Å². The molecule has 0 aliphatic rings. The molecule has 7 nitrogen and oxygen atoms in total. The van der Waals surface area contributed by atoms with Crippen LogP contribution in [0.15, 0.2) is 52.9 Å². The van der Waals surface area contributed by atoms with Crippen molar-refractivity contribution in [3.63, 3.8) is 0 Å². The smallest absolute Gasteiger partial charge is 0.374 e. The molecule has 0 unspecified atom stereocenters. The molecular formula is C18H14F3N5O2S2. The van der Waals surface area contributed by atoms with Gasteiger partial charge in [0, 0.05) is 16.9 Å². The fraction of sp³-hybridized carbons (Fsp3) is 0.111. The Kier molecular flexibility index (Phi) is 6.57. The van der Waals surface area contributed by atoms with Gasteiger partial charge in [0.2, 0.25) is 11.0 Å². The lowest BCUT2D eigenvalue weighted by Crippen LogP contribution is -2.16. The highest BCUT2D eigenvalue weighted by Gasteiger charge is 2.30. The maximum Gasteiger partial charge on any atom is 0.416 e. The molecule has 156 valence electrons. The quantitative estimate of drug-likeness (QED) is 0.485. The monoisotopic (exact) mass is 453 g/mol. The summed E-state index contributed by atoms with van der Waals surface area (Å²) in [5.74, 6) is -0.872. The van der Waals surface area contributed by atoms with Crippen LogP contribution in [0.4, 0.5) is 29.7 Å². The van der Waals surface area contributed by atoms with Gasteiger partial charge < -0.3 is 16.4 Å². The van der Waals surface area contributed by atoms with Gasteiger partial charge in [-0.3, -0.25) is 9.59 Å². The van der Waals surface area contributed by atoms with Gasteiger partial charge in [0.25, 0.3) is 5.91 Å². The fourth-order valence-electron chi connectivity index (χ4n) is 2.32. The number of carbonyl (C=O) groups excluding carboxylic acids is 2. The zero-order valence-electron chi connectivity index (χ0n) is 15.1. The number of anilines is 3. The summed E-state index contributed by atoms with van der Waals surface area (Å²) < 4.78 is 39.0. The number of benzene rings is 2. The predicted octanol–water partition coefficient (Wildman–Crippen LogP) is 4.12. The number of nitrogen functional groups attached to an aromatic ring is 1. The first-order chi connectivity index (χ1) is 14.2. The minimum absolute atomic E-state index is 0.0111. The minimum Gasteiger partial charge on any atom is -0.374 e. The van der Waals surface area contributed by atoms with E-state index in [2.05, 4.69) is 20.8 Å². The maximum atomic E-state index is 12.8. The van der Waals surface area contributed by atoms with E-state index >= 15 is 0 Å². The second-order valence-corrected chi connectivity index (χ2v) is 8.09. The van der Waals surface area contributed by atoms with Crippen molar-refractivity contribution in [2.45, 2.75) is 10.5 Å². The lowest BCUT2D eigenvalue weighted by molar-refractivity contribution is -0.137. The largest absolute Gasteiger partial charge is 0.416 e. The standard InChI is InChI=1S/C18H14F3N5O2S2/c19-18(20,21)11-4-2-6-13(8-11)24-15(28)10-3-1-5-12(7-10)23-14(27)9-29-17-26-25-16(22)30-17/h1-8H,9H2,(H2,22,25)(H,23,27)(H,24,28). The molecule has 2 amide bonds. The third-order valence-electron chi connectivity index (χ3n) is 3.61. The van der Waals surface area contributed by atoms with Crippen molar-refractivity contribution < 1.29 is 22.8 Å². The van der Waals surface area contributed by atoms with E-state index in [4.69, 9.17) is 5.73 Å². The Morgan fingerprint density at radius 1 is 1.03 bits per heavy atom. The molecule has 0 saturated heterocycles. The van der Waals surface area contributed by atoms with E-state index < -0.39 is 17.6 Å². The molecule has 0 aliphatic carbocycles. The highest BCUT2D eigenvalue weighted by molar-refractivity contribution is 8.01. The number of nitrogens with zero attached hydrogens (tertiary/aromatic N) is 2. The molecule has 0 aliphatic heterocycles. The van der Waals surface area contributed by atoms with Crippen LogP contribution in [-0.4, -0.2) is 27.8 Å². The van der Waals surface area contributed by atoms with Crippen molar-refractivity contribution in [3.05, 3.63) is 59.7 Å². The lowest BCUT2D eigenvalue weighted by atomic mass is 10.1. The summed E-state index contributed by atoms with van der Waals surface area (Å²) in [5, 5.41) is 12.8. The molecule has 3 rings (SSSR count). The Balaban J connectivity index is 1.61. The van der Waals surface area contributed by atoms with Gasteiger partial charge in [-0.1, -0.05) is 35.2 Å². The Bertz CT molecular complexity index is 1070. The molecule has 1 aromatic heterocycles. The van der Waals surface area contributed by atoms with Crippen LogP contribution in [0.5, 0.6) is 0 Å². The molecule has 0 spiro atoms.